The van der Waals surface area contributed by atoms with Crippen molar-refractivity contribution in [2.75, 3.05) is 5.32 Å². The molecule has 0 heterocycles. The predicted octanol–water partition coefficient (Wildman–Crippen LogP) is 3.37. The number of aromatic hydroxyl groups is 1. The third-order valence-electron chi connectivity index (χ3n) is 2.65. The Morgan fingerprint density at radius 3 is 2.25 bits per heavy atom. The van der Waals surface area contributed by atoms with Gasteiger partial charge in [0.1, 0.15) is 5.75 Å². The highest BCUT2D eigenvalue weighted by molar-refractivity contribution is 6.05. The Kier molecular flexibility index (Phi) is 3.65. The highest BCUT2D eigenvalue weighted by Gasteiger charge is 2.16. The molecule has 2 aromatic carbocycles. The third kappa shape index (κ3) is 2.74. The highest BCUT2D eigenvalue weighted by Crippen LogP contribution is 2.24. The Balaban J connectivity index is 2.28. The second-order valence-electron chi connectivity index (χ2n) is 4.23. The van der Waals surface area contributed by atoms with E-state index in [0.717, 1.165) is 5.56 Å². The van der Waals surface area contributed by atoms with Crippen LogP contribution in [0.3, 0.4) is 0 Å². The van der Waals surface area contributed by atoms with Gasteiger partial charge in [-0.15, -0.1) is 0 Å². The fraction of sp³-hybridized carbons (Fsp3) is 0.0714. The summed E-state index contributed by atoms with van der Waals surface area (Å²) in [5.41, 5.74) is 0.478. The lowest BCUT2D eigenvalue weighted by molar-refractivity contribution is 0.102. The summed E-state index contributed by atoms with van der Waals surface area (Å²) in [5.74, 6) is -5.59. The number of anilines is 1. The van der Waals surface area contributed by atoms with E-state index in [-0.39, 0.29) is 17.0 Å². The SMILES string of the molecule is Cc1ccc(NC(=O)c2cc(F)c(F)c(F)c2)c(O)c1. The summed E-state index contributed by atoms with van der Waals surface area (Å²) >= 11 is 0. The largest absolute Gasteiger partial charge is 0.506 e. The van der Waals surface area contributed by atoms with E-state index < -0.39 is 23.4 Å². The van der Waals surface area contributed by atoms with E-state index in [4.69, 9.17) is 0 Å². The van der Waals surface area contributed by atoms with Crippen LogP contribution in [0.2, 0.25) is 0 Å². The van der Waals surface area contributed by atoms with Crippen LogP contribution < -0.4 is 5.32 Å². The van der Waals surface area contributed by atoms with Crippen molar-refractivity contribution in [1.82, 2.24) is 0 Å². The van der Waals surface area contributed by atoms with E-state index in [9.17, 15) is 23.1 Å². The molecule has 0 atom stereocenters. The van der Waals surface area contributed by atoms with Gasteiger partial charge in [0, 0.05) is 5.56 Å². The van der Waals surface area contributed by atoms with Gasteiger partial charge in [-0.2, -0.15) is 0 Å². The van der Waals surface area contributed by atoms with Crippen molar-refractivity contribution < 1.29 is 23.1 Å². The molecule has 104 valence electrons. The average molecular weight is 281 g/mol. The molecule has 0 fully saturated rings. The zero-order valence-electron chi connectivity index (χ0n) is 10.4. The molecular formula is C14H10F3NO2. The number of benzene rings is 2. The van der Waals surface area contributed by atoms with Gasteiger partial charge in [-0.25, -0.2) is 13.2 Å². The number of amides is 1. The van der Waals surface area contributed by atoms with Crippen LogP contribution in [0.25, 0.3) is 0 Å². The van der Waals surface area contributed by atoms with Crippen LogP contribution >= 0.6 is 0 Å². The molecular weight excluding hydrogens is 271 g/mol. The van der Waals surface area contributed by atoms with Gasteiger partial charge in [0.05, 0.1) is 5.69 Å². The van der Waals surface area contributed by atoms with Gasteiger partial charge in [-0.3, -0.25) is 4.79 Å². The Bertz CT molecular complexity index is 663. The summed E-state index contributed by atoms with van der Waals surface area (Å²) in [5, 5.41) is 11.9. The standard InChI is InChI=1S/C14H10F3NO2/c1-7-2-3-11(12(19)4-7)18-14(20)8-5-9(15)13(17)10(16)6-8/h2-6,19H,1H3,(H,18,20). The number of carbonyl (C=O) groups excluding carboxylic acids is 1. The first-order valence-corrected chi connectivity index (χ1v) is 5.64. The Hall–Kier alpha value is -2.50. The quantitative estimate of drug-likeness (QED) is 0.655. The fourth-order valence-corrected chi connectivity index (χ4v) is 1.63. The predicted molar refractivity (Wildman–Crippen MR) is 67.1 cm³/mol. The van der Waals surface area contributed by atoms with Crippen LogP contribution in [-0.2, 0) is 0 Å². The topological polar surface area (TPSA) is 49.3 Å². The molecule has 0 aliphatic carbocycles. The molecule has 2 N–H and O–H groups in total. The van der Waals surface area contributed by atoms with E-state index in [1.54, 1.807) is 13.0 Å². The number of carbonyl (C=O) groups is 1. The molecule has 2 aromatic rings. The number of rotatable bonds is 2. The molecule has 0 saturated heterocycles. The van der Waals surface area contributed by atoms with Gasteiger partial charge in [0.2, 0.25) is 0 Å². The highest BCUT2D eigenvalue weighted by atomic mass is 19.2. The molecule has 0 aliphatic heterocycles. The first kappa shape index (κ1) is 13.9. The van der Waals surface area contributed by atoms with Gasteiger partial charge in [0.25, 0.3) is 5.91 Å². The van der Waals surface area contributed by atoms with Crippen molar-refractivity contribution in [2.45, 2.75) is 6.92 Å². The Morgan fingerprint density at radius 1 is 1.10 bits per heavy atom. The van der Waals surface area contributed by atoms with Gasteiger partial charge in [0.15, 0.2) is 17.5 Å². The molecule has 0 radical (unpaired) electrons. The van der Waals surface area contributed by atoms with Crippen LogP contribution in [0.4, 0.5) is 18.9 Å². The summed E-state index contributed by atoms with van der Waals surface area (Å²) in [4.78, 5) is 11.8. The van der Waals surface area contributed by atoms with E-state index in [2.05, 4.69) is 5.32 Å². The maximum absolute atomic E-state index is 13.0. The van der Waals surface area contributed by atoms with Crippen molar-refractivity contribution in [3.63, 3.8) is 0 Å². The van der Waals surface area contributed by atoms with Crippen LogP contribution in [0.1, 0.15) is 15.9 Å². The lowest BCUT2D eigenvalue weighted by Crippen LogP contribution is -2.13. The summed E-state index contributed by atoms with van der Waals surface area (Å²) in [7, 11) is 0. The van der Waals surface area contributed by atoms with Crippen molar-refractivity contribution in [2.24, 2.45) is 0 Å². The lowest BCUT2D eigenvalue weighted by Gasteiger charge is -2.08. The number of halogens is 3. The molecule has 0 saturated carbocycles. The maximum atomic E-state index is 13.0. The average Bonchev–Trinajstić information content (AvgIpc) is 2.38. The molecule has 0 unspecified atom stereocenters. The first-order chi connectivity index (χ1) is 9.38. The smallest absolute Gasteiger partial charge is 0.255 e. The number of phenols is 1. The summed E-state index contributed by atoms with van der Waals surface area (Å²) in [6.45, 7) is 1.75. The monoisotopic (exact) mass is 281 g/mol. The summed E-state index contributed by atoms with van der Waals surface area (Å²) in [6.07, 6.45) is 0. The summed E-state index contributed by atoms with van der Waals surface area (Å²) in [6, 6.07) is 5.67. The molecule has 6 heteroatoms. The van der Waals surface area contributed by atoms with Crippen LogP contribution in [0, 0.1) is 24.4 Å². The van der Waals surface area contributed by atoms with E-state index >= 15 is 0 Å². The van der Waals surface area contributed by atoms with Crippen molar-refractivity contribution >= 4 is 11.6 Å². The molecule has 3 nitrogen and oxygen atoms in total. The number of hydrogen-bond donors (Lipinski definition) is 2. The minimum absolute atomic E-state index is 0.0886. The zero-order valence-corrected chi connectivity index (χ0v) is 10.4. The second kappa shape index (κ2) is 5.24. The number of nitrogens with one attached hydrogen (secondary N) is 1. The van der Waals surface area contributed by atoms with Gasteiger partial charge in [-0.1, -0.05) is 6.07 Å². The van der Waals surface area contributed by atoms with Crippen LogP contribution in [-0.4, -0.2) is 11.0 Å². The van der Waals surface area contributed by atoms with Crippen molar-refractivity contribution in [3.05, 3.63) is 58.9 Å². The third-order valence-corrected chi connectivity index (χ3v) is 2.65. The van der Waals surface area contributed by atoms with Gasteiger partial charge < -0.3 is 10.4 Å². The number of hydrogen-bond acceptors (Lipinski definition) is 2. The first-order valence-electron chi connectivity index (χ1n) is 5.64. The molecule has 20 heavy (non-hydrogen) atoms. The zero-order chi connectivity index (χ0) is 14.9. The van der Waals surface area contributed by atoms with Crippen molar-refractivity contribution in [3.8, 4) is 5.75 Å². The Morgan fingerprint density at radius 2 is 1.70 bits per heavy atom. The molecule has 0 aromatic heterocycles. The maximum Gasteiger partial charge on any atom is 0.255 e. The lowest BCUT2D eigenvalue weighted by atomic mass is 10.1. The van der Waals surface area contributed by atoms with Gasteiger partial charge >= 0.3 is 0 Å². The van der Waals surface area contributed by atoms with Gasteiger partial charge in [-0.05, 0) is 36.8 Å². The molecule has 0 bridgehead atoms. The molecule has 0 aliphatic rings. The molecule has 1 amide bonds. The molecule has 2 rings (SSSR count). The number of aryl methyl sites for hydroxylation is 1. The minimum atomic E-state index is -1.64. The molecule has 0 spiro atoms. The van der Waals surface area contributed by atoms with Crippen molar-refractivity contribution in [1.29, 1.82) is 0 Å². The van der Waals surface area contributed by atoms with Crippen LogP contribution in [0.15, 0.2) is 30.3 Å². The van der Waals surface area contributed by atoms with E-state index in [0.29, 0.717) is 12.1 Å². The van der Waals surface area contributed by atoms with E-state index in [1.165, 1.54) is 12.1 Å². The van der Waals surface area contributed by atoms with Crippen LogP contribution in [0.5, 0.6) is 5.75 Å². The van der Waals surface area contributed by atoms with E-state index in [1.807, 2.05) is 0 Å². The number of phenolic OH excluding ortho intramolecular Hbond substituents is 1. The Labute approximate surface area is 112 Å². The normalized spacial score (nSPS) is 10.4. The second-order valence-corrected chi connectivity index (χ2v) is 4.23. The minimum Gasteiger partial charge on any atom is -0.506 e. The summed E-state index contributed by atoms with van der Waals surface area (Å²) < 4.78 is 38.8. The fourth-order valence-electron chi connectivity index (χ4n) is 1.63.